The Hall–Kier alpha value is -3.08. The van der Waals surface area contributed by atoms with Gasteiger partial charge in [0.15, 0.2) is 12.2 Å². The summed E-state index contributed by atoms with van der Waals surface area (Å²) in [5.74, 6) is -13.5. The van der Waals surface area contributed by atoms with Crippen molar-refractivity contribution in [1.29, 1.82) is 0 Å². The van der Waals surface area contributed by atoms with Crippen LogP contribution in [0.2, 0.25) is 0 Å². The predicted molar refractivity (Wildman–Crippen MR) is 141 cm³/mol. The normalized spacial score (nSPS) is 22.6. The molecule has 0 saturated carbocycles. The molecule has 0 aromatic rings. The molecule has 0 aromatic heterocycles. The molecule has 0 spiro atoms. The van der Waals surface area contributed by atoms with Gasteiger partial charge >= 0.3 is 41.9 Å². The molecule has 1 saturated heterocycles. The van der Waals surface area contributed by atoms with Crippen LogP contribution in [0.5, 0.6) is 0 Å². The second-order valence-electron chi connectivity index (χ2n) is 10.2. The molecule has 11 nitrogen and oxygen atoms in total. The molecular weight excluding hydrogens is 626 g/mol. The maximum atomic E-state index is 14.8. The summed E-state index contributed by atoms with van der Waals surface area (Å²) in [5.41, 5.74) is 0. The Labute approximate surface area is 256 Å². The van der Waals surface area contributed by atoms with Gasteiger partial charge in [-0.2, -0.15) is 26.3 Å². The second kappa shape index (κ2) is 18.8. The number of alkyl halides is 4. The minimum atomic E-state index is -5.88. The van der Waals surface area contributed by atoms with E-state index in [1.165, 1.54) is 0 Å². The van der Waals surface area contributed by atoms with Crippen LogP contribution in [-0.2, 0) is 52.3 Å². The highest BCUT2D eigenvalue weighted by atomic mass is 19.3. The van der Waals surface area contributed by atoms with Gasteiger partial charge in [-0.3, -0.25) is 19.2 Å². The third kappa shape index (κ3) is 13.0. The molecule has 0 N–H and O–H groups in total. The van der Waals surface area contributed by atoms with Crippen molar-refractivity contribution in [2.45, 2.75) is 129 Å². The topological polar surface area (TPSA) is 133 Å². The molecule has 0 unspecified atom stereocenters. The fraction of sp³-hybridized carbons (Fsp3) is 0.786. The molecule has 1 aliphatic heterocycles. The van der Waals surface area contributed by atoms with Crippen LogP contribution in [0.3, 0.4) is 0 Å². The van der Waals surface area contributed by atoms with E-state index in [4.69, 9.17) is 23.7 Å². The number of carbonyl (C=O) groups is 4. The average Bonchev–Trinajstić information content (AvgIpc) is 2.92. The van der Waals surface area contributed by atoms with Crippen molar-refractivity contribution in [3.8, 4) is 0 Å². The van der Waals surface area contributed by atoms with Gasteiger partial charge in [-0.05, 0) is 6.42 Å². The van der Waals surface area contributed by atoms with E-state index in [9.17, 15) is 45.5 Å². The average molecular weight is 667 g/mol. The third-order valence-electron chi connectivity index (χ3n) is 6.26. The number of esters is 4. The zero-order valence-electron chi connectivity index (χ0n) is 25.7. The lowest BCUT2D eigenvalue weighted by molar-refractivity contribution is -0.341. The molecule has 0 amide bonds. The van der Waals surface area contributed by atoms with Crippen LogP contribution in [0.25, 0.3) is 0 Å². The fourth-order valence-corrected chi connectivity index (χ4v) is 4.22. The number of carbonyl (C=O) groups excluding carboxylic acids is 4. The highest BCUT2D eigenvalue weighted by Gasteiger charge is 2.64. The van der Waals surface area contributed by atoms with Crippen LogP contribution < -0.4 is 0 Å². The van der Waals surface area contributed by atoms with Gasteiger partial charge in [-0.1, -0.05) is 51.9 Å². The molecule has 0 radical (unpaired) electrons. The molecule has 260 valence electrons. The molecule has 1 aliphatic rings. The van der Waals surface area contributed by atoms with Crippen molar-refractivity contribution < 1.29 is 78.7 Å². The summed E-state index contributed by atoms with van der Waals surface area (Å²) in [6.07, 6.45) is -9.71. The van der Waals surface area contributed by atoms with E-state index in [1.54, 1.807) is 0 Å². The van der Waals surface area contributed by atoms with Crippen LogP contribution in [0, 0.1) is 0 Å². The second-order valence-corrected chi connectivity index (χ2v) is 10.2. The van der Waals surface area contributed by atoms with Gasteiger partial charge < -0.3 is 33.2 Å². The molecule has 0 aliphatic carbocycles. The Balaban J connectivity index is 3.21. The quantitative estimate of drug-likeness (QED) is 0.0563. The van der Waals surface area contributed by atoms with Crippen LogP contribution in [0.4, 0.5) is 26.3 Å². The first-order chi connectivity index (χ1) is 20.9. The number of halogens is 6. The molecule has 0 bridgehead atoms. The van der Waals surface area contributed by atoms with Gasteiger partial charge in [0.05, 0.1) is 6.61 Å². The number of ether oxygens (including phenoxy) is 7. The van der Waals surface area contributed by atoms with E-state index in [1.807, 2.05) is 6.92 Å². The monoisotopic (exact) mass is 666 g/mol. The third-order valence-corrected chi connectivity index (χ3v) is 6.26. The van der Waals surface area contributed by atoms with Gasteiger partial charge in [0.25, 0.3) is 5.83 Å². The summed E-state index contributed by atoms with van der Waals surface area (Å²) in [6, 6.07) is -2.92. The molecular formula is C28H40F6O11. The van der Waals surface area contributed by atoms with Crippen LogP contribution in [-0.4, -0.2) is 79.8 Å². The van der Waals surface area contributed by atoms with E-state index in [-0.39, 0.29) is 6.42 Å². The lowest BCUT2D eigenvalue weighted by atomic mass is 9.98. The predicted octanol–water partition coefficient (Wildman–Crippen LogP) is 5.58. The van der Waals surface area contributed by atoms with E-state index in [0.29, 0.717) is 12.8 Å². The summed E-state index contributed by atoms with van der Waals surface area (Å²) in [6.45, 7) is 3.88. The van der Waals surface area contributed by atoms with Crippen LogP contribution in [0.1, 0.15) is 86.0 Å². The molecule has 45 heavy (non-hydrogen) atoms. The molecule has 17 heteroatoms. The lowest BCUT2D eigenvalue weighted by Gasteiger charge is -2.43. The van der Waals surface area contributed by atoms with Gasteiger partial charge in [0.2, 0.25) is 12.4 Å². The van der Waals surface area contributed by atoms with E-state index >= 15 is 0 Å². The maximum absolute atomic E-state index is 14.8. The van der Waals surface area contributed by atoms with Crippen molar-refractivity contribution >= 4 is 23.9 Å². The van der Waals surface area contributed by atoms with Crippen molar-refractivity contribution in [2.75, 3.05) is 13.2 Å². The zero-order valence-corrected chi connectivity index (χ0v) is 25.7. The van der Waals surface area contributed by atoms with Gasteiger partial charge in [-0.25, -0.2) is 0 Å². The van der Waals surface area contributed by atoms with E-state index < -0.39 is 91.7 Å². The largest absolute Gasteiger partial charge is 0.463 e. The van der Waals surface area contributed by atoms with Crippen molar-refractivity contribution in [2.24, 2.45) is 0 Å². The Morgan fingerprint density at radius 1 is 0.667 bits per heavy atom. The fourth-order valence-electron chi connectivity index (χ4n) is 4.22. The molecule has 1 heterocycles. The molecule has 0 aromatic carbocycles. The van der Waals surface area contributed by atoms with Gasteiger partial charge in [0, 0.05) is 27.7 Å². The number of hydrogen-bond acceptors (Lipinski definition) is 11. The summed E-state index contributed by atoms with van der Waals surface area (Å²) in [5, 5.41) is 0. The summed E-state index contributed by atoms with van der Waals surface area (Å²) >= 11 is 0. The van der Waals surface area contributed by atoms with Crippen molar-refractivity contribution in [3.63, 3.8) is 0 Å². The Kier molecular flexibility index (Phi) is 16.7. The number of rotatable bonds is 19. The smallest absolute Gasteiger partial charge is 0.426 e. The van der Waals surface area contributed by atoms with Crippen LogP contribution in [0.15, 0.2) is 11.8 Å². The Morgan fingerprint density at radius 3 is 1.67 bits per heavy atom. The SMILES string of the molecule is CCCCCCCCCCOC(F)(F)C(F)(F)C(F)=C(F)O[C@H]1O[C@H](COC(C)=O)[C@@H](OC(C)=O)[C@H](OC(C)=O)[C@@H]1OC(C)=O. The molecule has 1 fully saturated rings. The van der Waals surface area contributed by atoms with E-state index in [2.05, 4.69) is 9.47 Å². The maximum Gasteiger partial charge on any atom is 0.426 e. The summed E-state index contributed by atoms with van der Waals surface area (Å²) < 4.78 is 120. The van der Waals surface area contributed by atoms with Crippen molar-refractivity contribution in [3.05, 3.63) is 11.8 Å². The Bertz CT molecular complexity index is 1020. The first-order valence-corrected chi connectivity index (χ1v) is 14.4. The number of unbranched alkanes of at least 4 members (excludes halogenated alkanes) is 7. The first kappa shape index (κ1) is 39.9. The number of hydrogen-bond donors (Lipinski definition) is 0. The minimum Gasteiger partial charge on any atom is -0.463 e. The molecule has 1 rings (SSSR count). The Morgan fingerprint density at radius 2 is 1.16 bits per heavy atom. The van der Waals surface area contributed by atoms with Crippen molar-refractivity contribution in [1.82, 2.24) is 0 Å². The zero-order chi connectivity index (χ0) is 34.4. The summed E-state index contributed by atoms with van der Waals surface area (Å²) in [4.78, 5) is 46.7. The van der Waals surface area contributed by atoms with Crippen LogP contribution >= 0.6 is 0 Å². The summed E-state index contributed by atoms with van der Waals surface area (Å²) in [7, 11) is 0. The first-order valence-electron chi connectivity index (χ1n) is 14.4. The highest BCUT2D eigenvalue weighted by Crippen LogP contribution is 2.44. The van der Waals surface area contributed by atoms with Gasteiger partial charge in [-0.15, -0.1) is 0 Å². The molecule has 5 atom stereocenters. The lowest BCUT2D eigenvalue weighted by Crippen LogP contribution is -2.62. The van der Waals surface area contributed by atoms with E-state index in [0.717, 1.165) is 59.8 Å². The highest BCUT2D eigenvalue weighted by molar-refractivity contribution is 5.68. The van der Waals surface area contributed by atoms with Gasteiger partial charge in [0.1, 0.15) is 12.7 Å². The minimum absolute atomic E-state index is 0.0471. The standard InChI is InChI=1S/C28H40F6O11/c1-6-7-8-9-10-11-12-13-14-40-28(33,34)27(31,32)24(29)25(30)45-26-23(43-19(5)38)22(42-18(4)37)21(41-17(3)36)20(44-26)15-39-16(2)35/h20-23,26H,6-15H2,1-5H3/t20-,21-,22+,23+,26-/m1/s1.